The van der Waals surface area contributed by atoms with Crippen molar-refractivity contribution < 1.29 is 45.4 Å². The number of halogens is 2. The van der Waals surface area contributed by atoms with Crippen molar-refractivity contribution in [2.75, 3.05) is 0 Å². The van der Waals surface area contributed by atoms with Gasteiger partial charge in [0.15, 0.2) is 0 Å². The van der Waals surface area contributed by atoms with Gasteiger partial charge in [-0.25, -0.2) is 0 Å². The molecule has 1 unspecified atom stereocenters. The second-order valence-electron chi connectivity index (χ2n) is 11.1. The van der Waals surface area contributed by atoms with E-state index in [0.717, 1.165) is 0 Å². The first kappa shape index (κ1) is 29.1. The minimum Gasteiger partial charge on any atom is -1.00 e. The van der Waals surface area contributed by atoms with Crippen molar-refractivity contribution >= 4 is 19.6 Å². The molecule has 0 fully saturated rings. The summed E-state index contributed by atoms with van der Waals surface area (Å²) in [5, 5.41) is 1.76. The molecule has 0 bridgehead atoms. The molecule has 1 nitrogen and oxygen atoms in total. The summed E-state index contributed by atoms with van der Waals surface area (Å²) < 4.78 is 10.1. The smallest absolute Gasteiger partial charge is 1.00 e. The van der Waals surface area contributed by atoms with Crippen LogP contribution in [0.5, 0.6) is 0 Å². The zero-order valence-electron chi connectivity index (χ0n) is 21.3. The van der Waals surface area contributed by atoms with Gasteiger partial charge in [-0.1, -0.05) is 0 Å². The van der Waals surface area contributed by atoms with Gasteiger partial charge in [-0.3, -0.25) is 0 Å². The van der Waals surface area contributed by atoms with Gasteiger partial charge in [-0.15, -0.1) is 0 Å². The molecule has 0 radical (unpaired) electrons. The number of allylic oxidation sites excluding steroid dienone is 6. The Labute approximate surface area is 210 Å². The van der Waals surface area contributed by atoms with Crippen molar-refractivity contribution in [3.05, 3.63) is 57.7 Å². The van der Waals surface area contributed by atoms with Gasteiger partial charge in [0.2, 0.25) is 0 Å². The van der Waals surface area contributed by atoms with Crippen LogP contribution in [0, 0.1) is 26.7 Å². The normalized spacial score (nSPS) is 18.5. The van der Waals surface area contributed by atoms with Crippen molar-refractivity contribution in [2.45, 2.75) is 80.0 Å². The number of fused-ring (bicyclic) bond motifs is 1. The van der Waals surface area contributed by atoms with Crippen molar-refractivity contribution in [3.63, 3.8) is 0 Å². The maximum Gasteiger partial charge on any atom is -1.00 e. The zero-order valence-corrected chi connectivity index (χ0v) is 26.4. The van der Waals surface area contributed by atoms with E-state index in [1.165, 1.54) is 11.1 Å². The molecule has 0 saturated carbocycles. The molecule has 0 aliphatic heterocycles. The minimum atomic E-state index is -2.74. The van der Waals surface area contributed by atoms with E-state index >= 15 is 0 Å². The fourth-order valence-electron chi connectivity index (χ4n) is 6.12. The van der Waals surface area contributed by atoms with Crippen LogP contribution in [0.2, 0.25) is 22.4 Å². The van der Waals surface area contributed by atoms with E-state index < -0.39 is 29.4 Å². The van der Waals surface area contributed by atoms with E-state index in [1.807, 2.05) is 0 Å². The Morgan fingerprint density at radius 1 is 0.871 bits per heavy atom. The average molecular weight is 558 g/mol. The predicted octanol–water partition coefficient (Wildman–Crippen LogP) is 0.437. The molecule has 5 heteroatoms. The van der Waals surface area contributed by atoms with Crippen LogP contribution in [-0.4, -0.2) is 14.3 Å². The molecule has 0 saturated heterocycles. The maximum absolute atomic E-state index is 4.22. The number of rotatable bonds is 4. The largest absolute Gasteiger partial charge is 1.00 e. The molecular weight excluding hydrogens is 517 g/mol. The van der Waals surface area contributed by atoms with E-state index in [1.54, 1.807) is 33.0 Å². The number of nitrogens with one attached hydrogen (secondary N) is 1. The van der Waals surface area contributed by atoms with Crippen LogP contribution in [0.3, 0.4) is 0 Å². The molecule has 2 aliphatic carbocycles. The summed E-state index contributed by atoms with van der Waals surface area (Å²) in [5.41, 5.74) is 11.4. The Morgan fingerprint density at radius 3 is 1.84 bits per heavy atom. The third-order valence-corrected chi connectivity index (χ3v) is 17.3. The Kier molecular flexibility index (Phi) is 9.52. The van der Waals surface area contributed by atoms with Crippen molar-refractivity contribution in [1.82, 2.24) is 3.26 Å². The monoisotopic (exact) mass is 555 g/mol. The standard InChI is InChI=1S/C20H25Si.C4H10N.2CH3.2ClH.Zr/c1-12-13(2)19-15(4)17(16-9-7-8-10-16)11-18(19)20(14(12)3)21(5)6;1-4(2,3)5;;;;;/h7-11,16,21H,1-6H3;5H,1-3H3;2*1H3;2*1H;/q;-1;;;;;+1/p-2. The Bertz CT molecular complexity index is 924. The zero-order chi connectivity index (χ0) is 21.9. The van der Waals surface area contributed by atoms with Crippen LogP contribution in [0.25, 0.3) is 5.57 Å². The third-order valence-electron chi connectivity index (χ3n) is 6.97. The summed E-state index contributed by atoms with van der Waals surface area (Å²) in [6, 6.07) is 0. The first-order valence-electron chi connectivity index (χ1n) is 11.3. The number of hydrogen-bond donors (Lipinski definition) is 1. The first-order chi connectivity index (χ1) is 13.3. The van der Waals surface area contributed by atoms with Gasteiger partial charge >= 0.3 is 187 Å². The van der Waals surface area contributed by atoms with Gasteiger partial charge < -0.3 is 24.8 Å². The van der Waals surface area contributed by atoms with Gasteiger partial charge in [0.05, 0.1) is 0 Å². The summed E-state index contributed by atoms with van der Waals surface area (Å²) in [7, 11) is -0.970. The second-order valence-corrected chi connectivity index (χ2v) is 24.5. The van der Waals surface area contributed by atoms with Gasteiger partial charge in [0.25, 0.3) is 0 Å². The predicted molar refractivity (Wildman–Crippen MR) is 131 cm³/mol. The van der Waals surface area contributed by atoms with Gasteiger partial charge in [0, 0.05) is 0 Å². The molecule has 2 aliphatic rings. The summed E-state index contributed by atoms with van der Waals surface area (Å²) in [6.45, 7) is 21.6. The fraction of sp³-hybridized carbons (Fsp3) is 0.538. The van der Waals surface area contributed by atoms with Crippen molar-refractivity contribution in [1.29, 1.82) is 0 Å². The van der Waals surface area contributed by atoms with Crippen LogP contribution >= 0.6 is 0 Å². The SMILES string of the molecule is CC1=C(C2C=CC=C2)[CH]([Zr]([CH3])([CH3])[NH]C(C)(C)C)c2c1c(C)c(C)c(C)c2[SiH](C)C.[Cl-].[Cl-]. The summed E-state index contributed by atoms with van der Waals surface area (Å²) in [5.74, 6) is 0.465. The van der Waals surface area contributed by atoms with Crippen LogP contribution in [0.1, 0.15) is 59.1 Å². The second kappa shape index (κ2) is 10.1. The van der Waals surface area contributed by atoms with E-state index in [4.69, 9.17) is 0 Å². The quantitative estimate of drug-likeness (QED) is 0.530. The molecule has 1 aromatic rings. The summed E-state index contributed by atoms with van der Waals surface area (Å²) in [4.78, 5) is 0. The van der Waals surface area contributed by atoms with Gasteiger partial charge in [-0.05, 0) is 0 Å². The van der Waals surface area contributed by atoms with E-state index in [9.17, 15) is 0 Å². The number of benzene rings is 1. The molecule has 0 aromatic heterocycles. The van der Waals surface area contributed by atoms with E-state index in [2.05, 4.69) is 98.4 Å². The van der Waals surface area contributed by atoms with Gasteiger partial charge in [-0.2, -0.15) is 0 Å². The third kappa shape index (κ3) is 5.27. The van der Waals surface area contributed by atoms with Crippen LogP contribution in [-0.2, 0) is 20.6 Å². The van der Waals surface area contributed by atoms with Crippen molar-refractivity contribution in [3.8, 4) is 0 Å². The van der Waals surface area contributed by atoms with Crippen LogP contribution < -0.4 is 33.3 Å². The molecule has 3 rings (SSSR count). The molecule has 1 N–H and O–H groups in total. The molecule has 0 amide bonds. The van der Waals surface area contributed by atoms with Crippen LogP contribution in [0.15, 0.2) is 29.9 Å². The van der Waals surface area contributed by atoms with Crippen molar-refractivity contribution in [2.24, 2.45) is 5.92 Å². The summed E-state index contributed by atoms with van der Waals surface area (Å²) >= 11 is -2.74. The van der Waals surface area contributed by atoms with Crippen LogP contribution in [0.4, 0.5) is 0 Å². The molecule has 1 atom stereocenters. The first-order valence-corrected chi connectivity index (χ1v) is 21.7. The maximum atomic E-state index is 4.22. The fourth-order valence-corrected chi connectivity index (χ4v) is 19.1. The van der Waals surface area contributed by atoms with E-state index in [0.29, 0.717) is 9.54 Å². The Hall–Kier alpha value is 0.0800. The summed E-state index contributed by atoms with van der Waals surface area (Å²) in [6.07, 6.45) is 9.31. The Morgan fingerprint density at radius 2 is 1.39 bits per heavy atom. The van der Waals surface area contributed by atoms with Gasteiger partial charge in [0.1, 0.15) is 0 Å². The topological polar surface area (TPSA) is 12.0 Å². The average Bonchev–Trinajstić information content (AvgIpc) is 3.16. The van der Waals surface area contributed by atoms with E-state index in [-0.39, 0.29) is 30.4 Å². The Balaban J connectivity index is 0.00000240. The molecule has 1 aromatic carbocycles. The minimum absolute atomic E-state index is 0. The molecule has 174 valence electrons. The molecular formula is C26H41Cl2NSiZr-2. The molecule has 0 heterocycles. The number of hydrogen-bond acceptors (Lipinski definition) is 1. The molecule has 31 heavy (non-hydrogen) atoms. The molecule has 0 spiro atoms.